The van der Waals surface area contributed by atoms with E-state index in [2.05, 4.69) is 15.9 Å². The van der Waals surface area contributed by atoms with Crippen molar-refractivity contribution in [2.45, 2.75) is 31.7 Å². The number of rotatable bonds is 3. The van der Waals surface area contributed by atoms with Gasteiger partial charge in [-0.15, -0.1) is 0 Å². The van der Waals surface area contributed by atoms with E-state index in [0.717, 1.165) is 19.1 Å². The van der Waals surface area contributed by atoms with Gasteiger partial charge in [-0.2, -0.15) is 26.3 Å². The predicted octanol–water partition coefficient (Wildman–Crippen LogP) is 4.54. The van der Waals surface area contributed by atoms with Crippen LogP contribution >= 0.6 is 15.9 Å². The zero-order chi connectivity index (χ0) is 16.4. The Hall–Kier alpha value is -1.25. The Balaban J connectivity index is 2.89. The summed E-state index contributed by atoms with van der Waals surface area (Å²) in [4.78, 5) is 11.7. The Bertz CT molecular complexity index is 525. The molecule has 1 aromatic rings. The molecule has 0 aliphatic heterocycles. The maximum atomic E-state index is 12.7. The van der Waals surface area contributed by atoms with Crippen molar-refractivity contribution in [2.75, 3.05) is 0 Å². The minimum Gasteiger partial charge on any atom is -0.349 e. The largest absolute Gasteiger partial charge is 0.417 e. The van der Waals surface area contributed by atoms with Crippen molar-refractivity contribution in [2.24, 2.45) is 0 Å². The van der Waals surface area contributed by atoms with Crippen LogP contribution in [0.5, 0.6) is 0 Å². The van der Waals surface area contributed by atoms with Gasteiger partial charge in [0.1, 0.15) is 0 Å². The van der Waals surface area contributed by atoms with Gasteiger partial charge in [0.05, 0.1) is 12.0 Å². The lowest BCUT2D eigenvalue weighted by molar-refractivity contribution is -0.139. The summed E-state index contributed by atoms with van der Waals surface area (Å²) in [6.07, 6.45) is -10.4. The molecule has 0 fully saturated rings. The molecule has 1 amide bonds. The van der Waals surface area contributed by atoms with E-state index < -0.39 is 36.3 Å². The SMILES string of the molecule is CC(CC(F)(F)F)NC(=O)c1ccc(Br)c(C(F)(F)F)c1. The summed E-state index contributed by atoms with van der Waals surface area (Å²) in [5.74, 6) is -0.996. The van der Waals surface area contributed by atoms with E-state index in [4.69, 9.17) is 0 Å². The lowest BCUT2D eigenvalue weighted by Crippen LogP contribution is -2.36. The minimum absolute atomic E-state index is 0.255. The van der Waals surface area contributed by atoms with E-state index >= 15 is 0 Å². The molecule has 1 rings (SSSR count). The van der Waals surface area contributed by atoms with Gasteiger partial charge in [0.25, 0.3) is 5.91 Å². The monoisotopic (exact) mass is 377 g/mol. The standard InChI is InChI=1S/C12H10BrF6NO/c1-6(5-11(14,15)16)20-10(21)7-2-3-9(13)8(4-7)12(17,18)19/h2-4,6H,5H2,1H3,(H,20,21). The van der Waals surface area contributed by atoms with Crippen LogP contribution in [-0.4, -0.2) is 18.1 Å². The average Bonchev–Trinajstić information content (AvgIpc) is 2.24. The van der Waals surface area contributed by atoms with E-state index in [1.165, 1.54) is 0 Å². The molecule has 118 valence electrons. The third-order valence-corrected chi connectivity index (χ3v) is 3.14. The summed E-state index contributed by atoms with van der Waals surface area (Å²) in [5, 5.41) is 2.01. The van der Waals surface area contributed by atoms with Crippen molar-refractivity contribution in [3.63, 3.8) is 0 Å². The van der Waals surface area contributed by atoms with Crippen LogP contribution in [0.25, 0.3) is 0 Å². The number of benzene rings is 1. The first kappa shape index (κ1) is 17.8. The molecule has 0 aromatic heterocycles. The third kappa shape index (κ3) is 5.56. The second kappa shape index (κ2) is 6.25. The Morgan fingerprint density at radius 2 is 1.81 bits per heavy atom. The van der Waals surface area contributed by atoms with Crippen LogP contribution in [0.15, 0.2) is 22.7 Å². The van der Waals surface area contributed by atoms with Crippen molar-refractivity contribution in [3.05, 3.63) is 33.8 Å². The predicted molar refractivity (Wildman–Crippen MR) is 66.7 cm³/mol. The molecule has 9 heteroatoms. The first-order valence-electron chi connectivity index (χ1n) is 5.64. The van der Waals surface area contributed by atoms with Crippen LogP contribution in [-0.2, 0) is 6.18 Å². The number of hydrogen-bond acceptors (Lipinski definition) is 1. The maximum absolute atomic E-state index is 12.7. The first-order valence-corrected chi connectivity index (χ1v) is 6.44. The molecule has 0 radical (unpaired) electrons. The molecule has 1 aromatic carbocycles. The molecule has 0 saturated heterocycles. The van der Waals surface area contributed by atoms with Crippen LogP contribution < -0.4 is 5.32 Å². The fourth-order valence-electron chi connectivity index (χ4n) is 1.59. The van der Waals surface area contributed by atoms with Crippen LogP contribution in [0, 0.1) is 0 Å². The van der Waals surface area contributed by atoms with E-state index in [-0.39, 0.29) is 10.0 Å². The summed E-state index contributed by atoms with van der Waals surface area (Å²) in [6, 6.07) is 1.45. The summed E-state index contributed by atoms with van der Waals surface area (Å²) in [5.41, 5.74) is -1.43. The van der Waals surface area contributed by atoms with Crippen molar-refractivity contribution >= 4 is 21.8 Å². The second-order valence-corrected chi connectivity index (χ2v) is 5.24. The highest BCUT2D eigenvalue weighted by molar-refractivity contribution is 9.10. The molecular weight excluding hydrogens is 368 g/mol. The lowest BCUT2D eigenvalue weighted by Gasteiger charge is -2.16. The molecule has 1 unspecified atom stereocenters. The smallest absolute Gasteiger partial charge is 0.349 e. The Kier molecular flexibility index (Phi) is 5.30. The lowest BCUT2D eigenvalue weighted by atomic mass is 10.1. The summed E-state index contributed by atoms with van der Waals surface area (Å²) < 4.78 is 74.1. The second-order valence-electron chi connectivity index (χ2n) is 4.39. The van der Waals surface area contributed by atoms with Crippen LogP contribution in [0.4, 0.5) is 26.3 Å². The van der Waals surface area contributed by atoms with Crippen LogP contribution in [0.3, 0.4) is 0 Å². The topological polar surface area (TPSA) is 29.1 Å². The number of amides is 1. The molecule has 1 N–H and O–H groups in total. The van der Waals surface area contributed by atoms with E-state index in [1.54, 1.807) is 0 Å². The number of hydrogen-bond donors (Lipinski definition) is 1. The first-order chi connectivity index (χ1) is 9.40. The van der Waals surface area contributed by atoms with E-state index in [9.17, 15) is 31.1 Å². The molecule has 21 heavy (non-hydrogen) atoms. The van der Waals surface area contributed by atoms with Gasteiger partial charge in [0, 0.05) is 16.1 Å². The fourth-order valence-corrected chi connectivity index (χ4v) is 2.06. The molecule has 0 heterocycles. The quantitative estimate of drug-likeness (QED) is 0.769. The van der Waals surface area contributed by atoms with Gasteiger partial charge in [-0.1, -0.05) is 15.9 Å². The minimum atomic E-state index is -4.67. The molecule has 1 atom stereocenters. The van der Waals surface area contributed by atoms with Gasteiger partial charge < -0.3 is 5.32 Å². The molecule has 2 nitrogen and oxygen atoms in total. The number of alkyl halides is 6. The Morgan fingerprint density at radius 1 is 1.24 bits per heavy atom. The van der Waals surface area contributed by atoms with E-state index in [1.807, 2.05) is 5.32 Å². The van der Waals surface area contributed by atoms with Gasteiger partial charge in [0.2, 0.25) is 0 Å². The normalized spacial score (nSPS) is 13.9. The highest BCUT2D eigenvalue weighted by Crippen LogP contribution is 2.35. The molecule has 0 aliphatic carbocycles. The fraction of sp³-hybridized carbons (Fsp3) is 0.417. The molecule has 0 bridgehead atoms. The van der Waals surface area contributed by atoms with Crippen molar-refractivity contribution in [1.29, 1.82) is 0 Å². The Labute approximate surface area is 124 Å². The maximum Gasteiger partial charge on any atom is 0.417 e. The highest BCUT2D eigenvalue weighted by atomic mass is 79.9. The van der Waals surface area contributed by atoms with Gasteiger partial charge in [-0.3, -0.25) is 4.79 Å². The number of halogens is 7. The van der Waals surface area contributed by atoms with Crippen LogP contribution in [0.1, 0.15) is 29.3 Å². The zero-order valence-electron chi connectivity index (χ0n) is 10.6. The molecule has 0 saturated carbocycles. The van der Waals surface area contributed by atoms with E-state index in [0.29, 0.717) is 6.07 Å². The molecule has 0 aliphatic rings. The van der Waals surface area contributed by atoms with Crippen molar-refractivity contribution in [3.8, 4) is 0 Å². The van der Waals surface area contributed by atoms with Crippen LogP contribution in [0.2, 0.25) is 0 Å². The summed E-state index contributed by atoms with van der Waals surface area (Å²) >= 11 is 2.71. The number of carbonyl (C=O) groups excluding carboxylic acids is 1. The number of carbonyl (C=O) groups is 1. The van der Waals surface area contributed by atoms with Crippen molar-refractivity contribution < 1.29 is 31.1 Å². The Morgan fingerprint density at radius 3 is 2.29 bits per heavy atom. The molecular formula is C12H10BrF6NO. The van der Waals surface area contributed by atoms with Gasteiger partial charge in [-0.05, 0) is 25.1 Å². The summed E-state index contributed by atoms with van der Waals surface area (Å²) in [7, 11) is 0. The molecule has 0 spiro atoms. The average molecular weight is 378 g/mol. The van der Waals surface area contributed by atoms with Crippen molar-refractivity contribution in [1.82, 2.24) is 5.32 Å². The van der Waals surface area contributed by atoms with Gasteiger partial charge in [0.15, 0.2) is 0 Å². The highest BCUT2D eigenvalue weighted by Gasteiger charge is 2.34. The summed E-state index contributed by atoms with van der Waals surface area (Å²) in [6.45, 7) is 1.12. The van der Waals surface area contributed by atoms with Gasteiger partial charge in [-0.25, -0.2) is 0 Å². The third-order valence-electron chi connectivity index (χ3n) is 2.45. The number of nitrogens with one attached hydrogen (secondary N) is 1. The zero-order valence-corrected chi connectivity index (χ0v) is 12.2. The van der Waals surface area contributed by atoms with Gasteiger partial charge >= 0.3 is 12.4 Å².